The molecule has 0 radical (unpaired) electrons. The third kappa shape index (κ3) is 6.24. The van der Waals surface area contributed by atoms with Crippen molar-refractivity contribution in [2.75, 3.05) is 26.3 Å². The molecular formula is C12H21F3N2O2. The first-order valence-corrected chi connectivity index (χ1v) is 6.58. The Morgan fingerprint density at radius 1 is 1.26 bits per heavy atom. The lowest BCUT2D eigenvalue weighted by atomic mass is 9.94. The first-order chi connectivity index (χ1) is 8.94. The van der Waals surface area contributed by atoms with Crippen molar-refractivity contribution in [2.45, 2.75) is 44.3 Å². The van der Waals surface area contributed by atoms with Gasteiger partial charge in [-0.3, -0.25) is 4.79 Å². The summed E-state index contributed by atoms with van der Waals surface area (Å²) in [5.74, 6) is -0.401. The van der Waals surface area contributed by atoms with Crippen LogP contribution >= 0.6 is 0 Å². The first-order valence-electron chi connectivity index (χ1n) is 6.58. The molecule has 2 N–H and O–H groups in total. The number of nitrogens with two attached hydrogens (primary N) is 1. The Labute approximate surface area is 111 Å². The zero-order chi connectivity index (χ0) is 14.3. The van der Waals surface area contributed by atoms with E-state index in [-0.39, 0.29) is 6.04 Å². The van der Waals surface area contributed by atoms with E-state index >= 15 is 0 Å². The summed E-state index contributed by atoms with van der Waals surface area (Å²) in [6, 6.07) is 0.0966. The SMILES string of the molecule is NCCN(C(=O)COCC(F)(F)F)C1CCCCC1. The van der Waals surface area contributed by atoms with Crippen LogP contribution in [0.3, 0.4) is 0 Å². The van der Waals surface area contributed by atoms with Gasteiger partial charge in [-0.15, -0.1) is 0 Å². The summed E-state index contributed by atoms with van der Waals surface area (Å²) < 4.78 is 40.2. The van der Waals surface area contributed by atoms with Gasteiger partial charge in [0.2, 0.25) is 5.91 Å². The highest BCUT2D eigenvalue weighted by Gasteiger charge is 2.29. The molecular weight excluding hydrogens is 261 g/mol. The molecule has 0 saturated heterocycles. The fourth-order valence-corrected chi connectivity index (χ4v) is 2.38. The zero-order valence-electron chi connectivity index (χ0n) is 10.9. The highest BCUT2D eigenvalue weighted by Crippen LogP contribution is 2.22. The van der Waals surface area contributed by atoms with Crippen LogP contribution in [0.4, 0.5) is 13.2 Å². The van der Waals surface area contributed by atoms with E-state index in [4.69, 9.17) is 5.73 Å². The van der Waals surface area contributed by atoms with Crippen LogP contribution in [-0.2, 0) is 9.53 Å². The number of halogens is 3. The van der Waals surface area contributed by atoms with Crippen molar-refractivity contribution in [2.24, 2.45) is 5.73 Å². The lowest BCUT2D eigenvalue weighted by molar-refractivity contribution is -0.178. The molecule has 1 fully saturated rings. The van der Waals surface area contributed by atoms with Crippen molar-refractivity contribution in [3.63, 3.8) is 0 Å². The van der Waals surface area contributed by atoms with E-state index in [2.05, 4.69) is 4.74 Å². The molecule has 1 rings (SSSR count). The smallest absolute Gasteiger partial charge is 0.362 e. The van der Waals surface area contributed by atoms with Gasteiger partial charge >= 0.3 is 6.18 Å². The van der Waals surface area contributed by atoms with Crippen molar-refractivity contribution in [3.05, 3.63) is 0 Å². The average molecular weight is 282 g/mol. The van der Waals surface area contributed by atoms with E-state index in [9.17, 15) is 18.0 Å². The van der Waals surface area contributed by atoms with Gasteiger partial charge in [0.05, 0.1) is 0 Å². The second-order valence-corrected chi connectivity index (χ2v) is 4.78. The van der Waals surface area contributed by atoms with Crippen LogP contribution in [0.25, 0.3) is 0 Å². The van der Waals surface area contributed by atoms with Gasteiger partial charge in [0.1, 0.15) is 13.2 Å². The van der Waals surface area contributed by atoms with E-state index in [1.807, 2.05) is 0 Å². The molecule has 1 aliphatic rings. The third-order valence-corrected chi connectivity index (χ3v) is 3.20. The highest BCUT2D eigenvalue weighted by atomic mass is 19.4. The molecule has 0 bridgehead atoms. The maximum absolute atomic E-state index is 11.9. The van der Waals surface area contributed by atoms with Gasteiger partial charge < -0.3 is 15.4 Å². The number of hydrogen-bond acceptors (Lipinski definition) is 3. The van der Waals surface area contributed by atoms with Crippen molar-refractivity contribution >= 4 is 5.91 Å². The van der Waals surface area contributed by atoms with Crippen molar-refractivity contribution in [3.8, 4) is 0 Å². The minimum Gasteiger partial charge on any atom is -0.362 e. The minimum absolute atomic E-state index is 0.0966. The molecule has 7 heteroatoms. The largest absolute Gasteiger partial charge is 0.411 e. The number of carbonyl (C=O) groups excluding carboxylic acids is 1. The number of carbonyl (C=O) groups is 1. The quantitative estimate of drug-likeness (QED) is 0.806. The molecule has 4 nitrogen and oxygen atoms in total. The monoisotopic (exact) mass is 282 g/mol. The van der Waals surface area contributed by atoms with E-state index in [0.717, 1.165) is 32.1 Å². The van der Waals surface area contributed by atoms with Crippen LogP contribution in [0.1, 0.15) is 32.1 Å². The van der Waals surface area contributed by atoms with Crippen LogP contribution in [-0.4, -0.2) is 49.3 Å². The number of ether oxygens (including phenoxy) is 1. The summed E-state index contributed by atoms with van der Waals surface area (Å²) >= 11 is 0. The molecule has 0 spiro atoms. The van der Waals surface area contributed by atoms with Gasteiger partial charge in [0, 0.05) is 19.1 Å². The predicted molar refractivity (Wildman–Crippen MR) is 64.5 cm³/mol. The Bertz CT molecular complexity index is 279. The standard InChI is InChI=1S/C12H21F3N2O2/c13-12(14,15)9-19-8-11(18)17(7-6-16)10-4-2-1-3-5-10/h10H,1-9,16H2. The molecule has 0 heterocycles. The van der Waals surface area contributed by atoms with Crippen molar-refractivity contribution in [1.29, 1.82) is 0 Å². The van der Waals surface area contributed by atoms with Crippen LogP contribution < -0.4 is 5.73 Å². The highest BCUT2D eigenvalue weighted by molar-refractivity contribution is 5.77. The molecule has 1 aliphatic carbocycles. The molecule has 19 heavy (non-hydrogen) atoms. The van der Waals surface area contributed by atoms with Gasteiger partial charge in [0.15, 0.2) is 0 Å². The summed E-state index contributed by atoms with van der Waals surface area (Å²) in [6.45, 7) is -1.24. The second kappa shape index (κ2) is 7.69. The first kappa shape index (κ1) is 16.2. The lowest BCUT2D eigenvalue weighted by Crippen LogP contribution is -2.46. The molecule has 0 aromatic heterocycles. The van der Waals surface area contributed by atoms with Crippen LogP contribution in [0.5, 0.6) is 0 Å². The number of rotatable bonds is 6. The fourth-order valence-electron chi connectivity index (χ4n) is 2.38. The summed E-state index contributed by atoms with van der Waals surface area (Å²) in [7, 11) is 0. The number of amides is 1. The van der Waals surface area contributed by atoms with Gasteiger partial charge in [0.25, 0.3) is 0 Å². The molecule has 0 atom stereocenters. The fraction of sp³-hybridized carbons (Fsp3) is 0.917. The molecule has 0 aromatic rings. The number of alkyl halides is 3. The molecule has 0 aliphatic heterocycles. The molecule has 1 amide bonds. The topological polar surface area (TPSA) is 55.6 Å². The normalized spacial score (nSPS) is 17.5. The van der Waals surface area contributed by atoms with E-state index in [0.29, 0.717) is 13.1 Å². The second-order valence-electron chi connectivity index (χ2n) is 4.78. The number of hydrogen-bond donors (Lipinski definition) is 1. The average Bonchev–Trinajstić information content (AvgIpc) is 2.35. The Hall–Kier alpha value is -0.820. The van der Waals surface area contributed by atoms with Gasteiger partial charge in [-0.1, -0.05) is 19.3 Å². The third-order valence-electron chi connectivity index (χ3n) is 3.20. The Morgan fingerprint density at radius 3 is 2.42 bits per heavy atom. The van der Waals surface area contributed by atoms with E-state index in [1.54, 1.807) is 4.90 Å². The summed E-state index contributed by atoms with van der Waals surface area (Å²) in [6.07, 6.45) is 0.621. The van der Waals surface area contributed by atoms with Crippen molar-refractivity contribution in [1.82, 2.24) is 4.90 Å². The van der Waals surface area contributed by atoms with E-state index in [1.165, 1.54) is 0 Å². The Balaban J connectivity index is 2.43. The van der Waals surface area contributed by atoms with Crippen LogP contribution in [0.2, 0.25) is 0 Å². The molecule has 1 saturated carbocycles. The maximum Gasteiger partial charge on any atom is 0.411 e. The predicted octanol–water partition coefficient (Wildman–Crippen LogP) is 1.69. The maximum atomic E-state index is 11.9. The summed E-state index contributed by atoms with van der Waals surface area (Å²) in [5.41, 5.74) is 5.46. The minimum atomic E-state index is -4.40. The Morgan fingerprint density at radius 2 is 1.89 bits per heavy atom. The lowest BCUT2D eigenvalue weighted by Gasteiger charge is -2.34. The molecule has 0 unspecified atom stereocenters. The molecule has 112 valence electrons. The number of nitrogens with zero attached hydrogens (tertiary/aromatic N) is 1. The summed E-state index contributed by atoms with van der Waals surface area (Å²) in [4.78, 5) is 13.5. The van der Waals surface area contributed by atoms with Gasteiger partial charge in [-0.25, -0.2) is 0 Å². The van der Waals surface area contributed by atoms with Gasteiger partial charge in [-0.05, 0) is 12.8 Å². The van der Waals surface area contributed by atoms with E-state index < -0.39 is 25.3 Å². The van der Waals surface area contributed by atoms with Crippen molar-refractivity contribution < 1.29 is 22.7 Å². The Kier molecular flexibility index (Phi) is 6.57. The summed E-state index contributed by atoms with van der Waals surface area (Å²) in [5, 5.41) is 0. The zero-order valence-corrected chi connectivity index (χ0v) is 10.9. The van der Waals surface area contributed by atoms with Gasteiger partial charge in [-0.2, -0.15) is 13.2 Å². The molecule has 0 aromatic carbocycles. The van der Waals surface area contributed by atoms with Crippen LogP contribution in [0, 0.1) is 0 Å². The van der Waals surface area contributed by atoms with Crippen LogP contribution in [0.15, 0.2) is 0 Å².